The lowest BCUT2D eigenvalue weighted by Crippen LogP contribution is -1.93. The summed E-state index contributed by atoms with van der Waals surface area (Å²) in [6.45, 7) is 0. The van der Waals surface area contributed by atoms with Crippen LogP contribution in [0.1, 0.15) is 0 Å². The van der Waals surface area contributed by atoms with E-state index in [0.717, 1.165) is 78.1 Å². The minimum absolute atomic E-state index is 0.864. The van der Waals surface area contributed by atoms with Crippen molar-refractivity contribution in [3.8, 4) is 61.7 Å². The second-order valence-electron chi connectivity index (χ2n) is 12.0. The number of hydrogen-bond acceptors (Lipinski definition) is 4. The molecule has 5 nitrogen and oxygen atoms in total. The summed E-state index contributed by atoms with van der Waals surface area (Å²) in [6.07, 6.45) is 9.28. The van der Waals surface area contributed by atoms with Crippen molar-refractivity contribution in [2.24, 2.45) is 0 Å². The van der Waals surface area contributed by atoms with Crippen LogP contribution < -0.4 is 0 Å². The van der Waals surface area contributed by atoms with Gasteiger partial charge in [0, 0.05) is 64.1 Å². The molecule has 0 spiro atoms. The van der Waals surface area contributed by atoms with Crippen LogP contribution in [-0.2, 0) is 0 Å². The second-order valence-corrected chi connectivity index (χ2v) is 12.0. The molecule has 0 aliphatic heterocycles. The monoisotopic (exact) mass is 627 g/mol. The highest BCUT2D eigenvalue weighted by molar-refractivity contribution is 6.10. The smallest absolute Gasteiger partial charge is 0.0724 e. The molecule has 0 amide bonds. The van der Waals surface area contributed by atoms with Gasteiger partial charge >= 0.3 is 0 Å². The number of nitrogens with zero attached hydrogens (tertiary/aromatic N) is 5. The molecule has 49 heavy (non-hydrogen) atoms. The molecule has 0 aliphatic carbocycles. The van der Waals surface area contributed by atoms with Crippen molar-refractivity contribution in [1.82, 2.24) is 24.5 Å². The number of hydrogen-bond donors (Lipinski definition) is 0. The van der Waals surface area contributed by atoms with Crippen molar-refractivity contribution < 1.29 is 0 Å². The number of aromatic nitrogens is 5. The van der Waals surface area contributed by atoms with Crippen molar-refractivity contribution >= 4 is 21.8 Å². The molecule has 0 saturated carbocycles. The molecular formula is C44H29N5. The van der Waals surface area contributed by atoms with Gasteiger partial charge in [0.1, 0.15) is 0 Å². The summed E-state index contributed by atoms with van der Waals surface area (Å²) in [6, 6.07) is 50.9. The third-order valence-electron chi connectivity index (χ3n) is 9.04. The van der Waals surface area contributed by atoms with Crippen LogP contribution in [0.5, 0.6) is 0 Å². The highest BCUT2D eigenvalue weighted by atomic mass is 15.0. The first kappa shape index (κ1) is 28.5. The summed E-state index contributed by atoms with van der Waals surface area (Å²) in [5.41, 5.74) is 13.7. The van der Waals surface area contributed by atoms with Crippen LogP contribution in [0.3, 0.4) is 0 Å². The average molecular weight is 628 g/mol. The van der Waals surface area contributed by atoms with E-state index in [-0.39, 0.29) is 0 Å². The minimum Gasteiger partial charge on any atom is -0.309 e. The molecular weight excluding hydrogens is 599 g/mol. The Kier molecular flexibility index (Phi) is 7.06. The van der Waals surface area contributed by atoms with Crippen molar-refractivity contribution in [2.75, 3.05) is 0 Å². The zero-order valence-corrected chi connectivity index (χ0v) is 26.5. The van der Waals surface area contributed by atoms with Gasteiger partial charge in [0.2, 0.25) is 0 Å². The van der Waals surface area contributed by atoms with Gasteiger partial charge in [-0.2, -0.15) is 0 Å². The van der Waals surface area contributed by atoms with E-state index in [1.165, 1.54) is 5.39 Å². The summed E-state index contributed by atoms with van der Waals surface area (Å²) >= 11 is 0. The van der Waals surface area contributed by atoms with Crippen molar-refractivity contribution in [3.05, 3.63) is 177 Å². The Morgan fingerprint density at radius 3 is 1.80 bits per heavy atom. The van der Waals surface area contributed by atoms with Gasteiger partial charge in [-0.15, -0.1) is 0 Å². The van der Waals surface area contributed by atoms with Crippen LogP contribution in [0.15, 0.2) is 177 Å². The van der Waals surface area contributed by atoms with Gasteiger partial charge in [0.25, 0.3) is 0 Å². The lowest BCUT2D eigenvalue weighted by atomic mass is 9.97. The highest BCUT2D eigenvalue weighted by Gasteiger charge is 2.14. The number of rotatable bonds is 6. The minimum atomic E-state index is 0.864. The Labute approximate surface area is 283 Å². The first-order valence-corrected chi connectivity index (χ1v) is 16.3. The normalized spacial score (nSPS) is 11.3. The molecule has 0 unspecified atom stereocenters. The van der Waals surface area contributed by atoms with Gasteiger partial charge in [-0.1, -0.05) is 78.9 Å². The standard InChI is InChI=1S/C44H29N5/c1-3-8-32(9-4-1)41-26-36(27-42(48-41)34-19-23-47-40(25-34)35-10-7-21-45-28-35)31-15-13-30(14-16-31)33-17-18-43-38(24-33)39-29-46-22-20-44(39)49(43)37-11-5-2-6-12-37/h1-29H. The zero-order valence-electron chi connectivity index (χ0n) is 26.5. The van der Waals surface area contributed by atoms with E-state index in [9.17, 15) is 0 Å². The first-order valence-electron chi connectivity index (χ1n) is 16.3. The molecule has 0 aliphatic rings. The Balaban J connectivity index is 1.12. The largest absolute Gasteiger partial charge is 0.309 e. The van der Waals surface area contributed by atoms with E-state index >= 15 is 0 Å². The van der Waals surface area contributed by atoms with Gasteiger partial charge in [0.05, 0.1) is 28.1 Å². The molecule has 0 atom stereocenters. The third-order valence-corrected chi connectivity index (χ3v) is 9.04. The molecule has 9 aromatic rings. The molecule has 0 saturated heterocycles. The maximum Gasteiger partial charge on any atom is 0.0724 e. The summed E-state index contributed by atoms with van der Waals surface area (Å²) < 4.78 is 2.31. The molecule has 9 rings (SSSR count). The van der Waals surface area contributed by atoms with Crippen molar-refractivity contribution in [2.45, 2.75) is 0 Å². The van der Waals surface area contributed by atoms with E-state index < -0.39 is 0 Å². The van der Waals surface area contributed by atoms with Gasteiger partial charge in [-0.05, 0) is 89.0 Å². The van der Waals surface area contributed by atoms with E-state index in [1.807, 2.05) is 49.1 Å². The Hall–Kier alpha value is -6.72. The van der Waals surface area contributed by atoms with E-state index in [4.69, 9.17) is 4.98 Å². The van der Waals surface area contributed by atoms with Crippen LogP contribution in [0, 0.1) is 0 Å². The van der Waals surface area contributed by atoms with Gasteiger partial charge in [-0.3, -0.25) is 15.0 Å². The molecule has 0 radical (unpaired) electrons. The summed E-state index contributed by atoms with van der Waals surface area (Å²) in [5, 5.41) is 2.32. The average Bonchev–Trinajstić information content (AvgIpc) is 3.52. The zero-order chi connectivity index (χ0) is 32.6. The molecule has 0 N–H and O–H groups in total. The predicted molar refractivity (Wildman–Crippen MR) is 199 cm³/mol. The van der Waals surface area contributed by atoms with Crippen LogP contribution in [0.25, 0.3) is 83.5 Å². The second kappa shape index (κ2) is 12.1. The van der Waals surface area contributed by atoms with E-state index in [1.54, 1.807) is 6.20 Å². The highest BCUT2D eigenvalue weighted by Crippen LogP contribution is 2.36. The van der Waals surface area contributed by atoms with Gasteiger partial charge in [-0.25, -0.2) is 4.98 Å². The lowest BCUT2D eigenvalue weighted by molar-refractivity contribution is 1.17. The number of benzene rings is 4. The van der Waals surface area contributed by atoms with Crippen LogP contribution in [0.2, 0.25) is 0 Å². The fourth-order valence-electron chi connectivity index (χ4n) is 6.62. The Morgan fingerprint density at radius 1 is 0.367 bits per heavy atom. The van der Waals surface area contributed by atoms with Crippen LogP contribution in [-0.4, -0.2) is 24.5 Å². The predicted octanol–water partition coefficient (Wildman–Crippen LogP) is 10.7. The van der Waals surface area contributed by atoms with Gasteiger partial charge in [0.15, 0.2) is 0 Å². The molecule has 0 bridgehead atoms. The SMILES string of the molecule is c1ccc(-c2cc(-c3ccc(-c4ccc5c(c4)c4cnccc4n5-c4ccccc4)cc3)cc(-c3ccnc(-c4cccnc4)c3)n2)cc1. The molecule has 4 aromatic carbocycles. The van der Waals surface area contributed by atoms with Crippen molar-refractivity contribution in [3.63, 3.8) is 0 Å². The maximum atomic E-state index is 5.13. The third kappa shape index (κ3) is 5.33. The molecule has 5 heterocycles. The first-order chi connectivity index (χ1) is 24.3. The summed E-state index contributed by atoms with van der Waals surface area (Å²) in [7, 11) is 0. The fourth-order valence-corrected chi connectivity index (χ4v) is 6.62. The van der Waals surface area contributed by atoms with Crippen LogP contribution in [0.4, 0.5) is 0 Å². The Morgan fingerprint density at radius 2 is 1.02 bits per heavy atom. The fraction of sp³-hybridized carbons (Fsp3) is 0. The summed E-state index contributed by atoms with van der Waals surface area (Å²) in [4.78, 5) is 18.5. The maximum absolute atomic E-state index is 5.13. The summed E-state index contributed by atoms with van der Waals surface area (Å²) in [5.74, 6) is 0. The number of fused-ring (bicyclic) bond motifs is 3. The van der Waals surface area contributed by atoms with E-state index in [0.29, 0.717) is 0 Å². The topological polar surface area (TPSA) is 56.5 Å². The van der Waals surface area contributed by atoms with Crippen LogP contribution >= 0.6 is 0 Å². The lowest BCUT2D eigenvalue weighted by Gasteiger charge is -2.12. The van der Waals surface area contributed by atoms with E-state index in [2.05, 4.69) is 141 Å². The molecule has 0 fully saturated rings. The molecule has 230 valence electrons. The van der Waals surface area contributed by atoms with Gasteiger partial charge < -0.3 is 4.57 Å². The Bertz CT molecular complexity index is 2580. The van der Waals surface area contributed by atoms with Crippen molar-refractivity contribution in [1.29, 1.82) is 0 Å². The quantitative estimate of drug-likeness (QED) is 0.184. The molecule has 5 aromatic heterocycles. The number of pyridine rings is 4. The molecule has 5 heteroatoms. The number of para-hydroxylation sites is 1.